The molecule has 21 heavy (non-hydrogen) atoms. The van der Waals surface area contributed by atoms with E-state index in [1.54, 1.807) is 7.11 Å². The quantitative estimate of drug-likeness (QED) is 0.858. The van der Waals surface area contributed by atoms with Crippen LogP contribution in [0.4, 0.5) is 5.13 Å². The Morgan fingerprint density at radius 2 is 1.95 bits per heavy atom. The van der Waals surface area contributed by atoms with Crippen molar-refractivity contribution in [3.63, 3.8) is 0 Å². The highest BCUT2D eigenvalue weighted by atomic mass is 32.1. The van der Waals surface area contributed by atoms with Crippen LogP contribution in [0.1, 0.15) is 33.9 Å². The lowest BCUT2D eigenvalue weighted by atomic mass is 10.1. The standard InChI is InChI=1S/C15H18N2O3S/c1-9(11-5-7-12(19-3)8-6-11)16-15-17-13(10(2)21-15)14(18)20-4/h5-9H,1-4H3,(H,16,17). The summed E-state index contributed by atoms with van der Waals surface area (Å²) in [7, 11) is 3.00. The molecule has 0 bridgehead atoms. The van der Waals surface area contributed by atoms with Crippen LogP contribution in [-0.2, 0) is 4.74 Å². The summed E-state index contributed by atoms with van der Waals surface area (Å²) >= 11 is 1.44. The van der Waals surface area contributed by atoms with E-state index in [2.05, 4.69) is 10.3 Å². The highest BCUT2D eigenvalue weighted by Crippen LogP contribution is 2.27. The number of methoxy groups -OCH3 is 2. The number of ether oxygens (including phenoxy) is 2. The number of rotatable bonds is 5. The summed E-state index contributed by atoms with van der Waals surface area (Å²) in [6.07, 6.45) is 0. The highest BCUT2D eigenvalue weighted by Gasteiger charge is 2.17. The number of benzene rings is 1. The predicted molar refractivity (Wildman–Crippen MR) is 83.2 cm³/mol. The van der Waals surface area contributed by atoms with Crippen molar-refractivity contribution in [1.29, 1.82) is 0 Å². The molecule has 0 fully saturated rings. The minimum Gasteiger partial charge on any atom is -0.497 e. The number of carbonyl (C=O) groups excluding carboxylic acids is 1. The first kappa shape index (κ1) is 15.3. The SMILES string of the molecule is COC(=O)c1nc(NC(C)c2ccc(OC)cc2)sc1C. The fourth-order valence-corrected chi connectivity index (χ4v) is 2.79. The van der Waals surface area contributed by atoms with E-state index in [1.807, 2.05) is 38.1 Å². The van der Waals surface area contributed by atoms with Crippen molar-refractivity contribution in [2.24, 2.45) is 0 Å². The number of nitrogens with one attached hydrogen (secondary N) is 1. The second-order valence-electron chi connectivity index (χ2n) is 4.55. The van der Waals surface area contributed by atoms with Crippen LogP contribution in [0, 0.1) is 6.92 Å². The Morgan fingerprint density at radius 1 is 1.29 bits per heavy atom. The van der Waals surface area contributed by atoms with Gasteiger partial charge in [-0.3, -0.25) is 0 Å². The molecule has 1 aromatic heterocycles. The third-order valence-corrected chi connectivity index (χ3v) is 4.03. The van der Waals surface area contributed by atoms with E-state index in [0.29, 0.717) is 10.8 Å². The zero-order valence-corrected chi connectivity index (χ0v) is 13.3. The normalized spacial score (nSPS) is 11.8. The Hall–Kier alpha value is -2.08. The lowest BCUT2D eigenvalue weighted by Crippen LogP contribution is -2.07. The first-order valence-electron chi connectivity index (χ1n) is 6.51. The van der Waals surface area contributed by atoms with Gasteiger partial charge in [0.05, 0.1) is 20.3 Å². The van der Waals surface area contributed by atoms with Gasteiger partial charge in [-0.15, -0.1) is 11.3 Å². The van der Waals surface area contributed by atoms with Crippen LogP contribution < -0.4 is 10.1 Å². The molecule has 5 nitrogen and oxygen atoms in total. The Labute approximate surface area is 127 Å². The summed E-state index contributed by atoms with van der Waals surface area (Å²) in [6.45, 7) is 3.89. The van der Waals surface area contributed by atoms with Crippen LogP contribution >= 0.6 is 11.3 Å². The number of thiazole rings is 1. The van der Waals surface area contributed by atoms with Gasteiger partial charge >= 0.3 is 5.97 Å². The zero-order chi connectivity index (χ0) is 15.4. The van der Waals surface area contributed by atoms with E-state index >= 15 is 0 Å². The number of hydrogen-bond acceptors (Lipinski definition) is 6. The maximum Gasteiger partial charge on any atom is 0.357 e. The van der Waals surface area contributed by atoms with Gasteiger partial charge in [0, 0.05) is 4.88 Å². The molecule has 1 aromatic carbocycles. The first-order valence-corrected chi connectivity index (χ1v) is 7.33. The van der Waals surface area contributed by atoms with Crippen molar-refractivity contribution in [2.45, 2.75) is 19.9 Å². The summed E-state index contributed by atoms with van der Waals surface area (Å²) in [6, 6.07) is 7.91. The molecule has 2 aromatic rings. The summed E-state index contributed by atoms with van der Waals surface area (Å²) in [4.78, 5) is 16.7. The molecule has 0 saturated carbocycles. The number of anilines is 1. The van der Waals surface area contributed by atoms with Crippen molar-refractivity contribution in [1.82, 2.24) is 4.98 Å². The number of aromatic nitrogens is 1. The minimum atomic E-state index is -0.408. The van der Waals surface area contributed by atoms with Crippen LogP contribution in [0.5, 0.6) is 5.75 Å². The van der Waals surface area contributed by atoms with Crippen LogP contribution in [0.2, 0.25) is 0 Å². The van der Waals surface area contributed by atoms with Gasteiger partial charge in [-0.2, -0.15) is 0 Å². The third-order valence-electron chi connectivity index (χ3n) is 3.13. The first-order chi connectivity index (χ1) is 10.0. The van der Waals surface area contributed by atoms with Crippen LogP contribution in [-0.4, -0.2) is 25.2 Å². The van der Waals surface area contributed by atoms with E-state index in [0.717, 1.165) is 16.2 Å². The van der Waals surface area contributed by atoms with Crippen LogP contribution in [0.3, 0.4) is 0 Å². The van der Waals surface area contributed by atoms with Crippen LogP contribution in [0.15, 0.2) is 24.3 Å². The lowest BCUT2D eigenvalue weighted by molar-refractivity contribution is 0.0594. The van der Waals surface area contributed by atoms with Crippen molar-refractivity contribution in [3.05, 3.63) is 40.4 Å². The number of esters is 1. The number of nitrogens with zero attached hydrogens (tertiary/aromatic N) is 1. The van der Waals surface area contributed by atoms with Gasteiger partial charge in [0.2, 0.25) is 0 Å². The summed E-state index contributed by atoms with van der Waals surface area (Å²) in [5.74, 6) is 0.415. The summed E-state index contributed by atoms with van der Waals surface area (Å²) < 4.78 is 9.85. The summed E-state index contributed by atoms with van der Waals surface area (Å²) in [5.41, 5.74) is 1.48. The Balaban J connectivity index is 2.11. The van der Waals surface area contributed by atoms with E-state index in [9.17, 15) is 4.79 Å². The molecule has 0 amide bonds. The molecule has 2 rings (SSSR count). The molecule has 0 aliphatic carbocycles. The number of aryl methyl sites for hydroxylation is 1. The maximum atomic E-state index is 11.6. The third kappa shape index (κ3) is 3.52. The number of carbonyl (C=O) groups is 1. The molecule has 0 spiro atoms. The Bertz CT molecular complexity index is 622. The molecule has 0 saturated heterocycles. The molecule has 1 atom stereocenters. The molecule has 1 N–H and O–H groups in total. The second-order valence-corrected chi connectivity index (χ2v) is 5.76. The van der Waals surface area contributed by atoms with Gasteiger partial charge in [-0.25, -0.2) is 9.78 Å². The average Bonchev–Trinajstić information content (AvgIpc) is 2.87. The van der Waals surface area contributed by atoms with Gasteiger partial charge in [-0.1, -0.05) is 12.1 Å². The zero-order valence-electron chi connectivity index (χ0n) is 12.5. The van der Waals surface area contributed by atoms with Gasteiger partial charge in [-0.05, 0) is 31.5 Å². The largest absolute Gasteiger partial charge is 0.497 e. The van der Waals surface area contributed by atoms with Crippen molar-refractivity contribution in [2.75, 3.05) is 19.5 Å². The molecule has 0 radical (unpaired) electrons. The molecule has 1 heterocycles. The van der Waals surface area contributed by atoms with Crippen LogP contribution in [0.25, 0.3) is 0 Å². The van der Waals surface area contributed by atoms with Crippen molar-refractivity contribution in [3.8, 4) is 5.75 Å². The van der Waals surface area contributed by atoms with E-state index in [-0.39, 0.29) is 6.04 Å². The van der Waals surface area contributed by atoms with E-state index in [4.69, 9.17) is 9.47 Å². The van der Waals surface area contributed by atoms with Crippen molar-refractivity contribution < 1.29 is 14.3 Å². The predicted octanol–water partition coefficient (Wildman–Crippen LogP) is 3.42. The van der Waals surface area contributed by atoms with Gasteiger partial charge in [0.25, 0.3) is 0 Å². The monoisotopic (exact) mass is 306 g/mol. The molecule has 112 valence electrons. The van der Waals surface area contributed by atoms with Gasteiger partial charge < -0.3 is 14.8 Å². The maximum absolute atomic E-state index is 11.6. The fourth-order valence-electron chi connectivity index (χ4n) is 1.91. The Kier molecular flexibility index (Phi) is 4.80. The topological polar surface area (TPSA) is 60.5 Å². The summed E-state index contributed by atoms with van der Waals surface area (Å²) in [5, 5.41) is 4.00. The lowest BCUT2D eigenvalue weighted by Gasteiger charge is -2.13. The molecule has 0 aliphatic rings. The second kappa shape index (κ2) is 6.58. The molecular weight excluding hydrogens is 288 g/mol. The van der Waals surface area contributed by atoms with Gasteiger partial charge in [0.15, 0.2) is 10.8 Å². The fraction of sp³-hybridized carbons (Fsp3) is 0.333. The van der Waals surface area contributed by atoms with Crippen molar-refractivity contribution >= 4 is 22.4 Å². The molecule has 0 aliphatic heterocycles. The Morgan fingerprint density at radius 3 is 2.52 bits per heavy atom. The van der Waals surface area contributed by atoms with E-state index in [1.165, 1.54) is 18.4 Å². The minimum absolute atomic E-state index is 0.0759. The average molecular weight is 306 g/mol. The molecular formula is C15H18N2O3S. The smallest absolute Gasteiger partial charge is 0.357 e. The van der Waals surface area contributed by atoms with E-state index < -0.39 is 5.97 Å². The van der Waals surface area contributed by atoms with Gasteiger partial charge in [0.1, 0.15) is 5.75 Å². The molecule has 1 unspecified atom stereocenters. The highest BCUT2D eigenvalue weighted by molar-refractivity contribution is 7.15. The number of hydrogen-bond donors (Lipinski definition) is 1. The molecule has 6 heteroatoms.